The number of hydrogen-bond acceptors (Lipinski definition) is 6. The van der Waals surface area contributed by atoms with Crippen LogP contribution < -0.4 is 0 Å². The molecule has 0 unspecified atom stereocenters. The van der Waals surface area contributed by atoms with Crippen LogP contribution in [-0.2, 0) is 9.47 Å². The van der Waals surface area contributed by atoms with Gasteiger partial charge >= 0.3 is 12.2 Å². The van der Waals surface area contributed by atoms with E-state index in [-0.39, 0.29) is 26.3 Å². The summed E-state index contributed by atoms with van der Waals surface area (Å²) in [5.41, 5.74) is 0. The third kappa shape index (κ3) is 8.22. The van der Waals surface area contributed by atoms with Gasteiger partial charge in [-0.05, 0) is 6.92 Å². The van der Waals surface area contributed by atoms with Crippen molar-refractivity contribution in [2.24, 2.45) is 5.92 Å². The van der Waals surface area contributed by atoms with Crippen LogP contribution >= 0.6 is 0 Å². The third-order valence-corrected chi connectivity index (χ3v) is 3.03. The normalized spacial score (nSPS) is 10.9. The Kier molecular flexibility index (Phi) is 8.97. The molecule has 132 valence electrons. The third-order valence-electron chi connectivity index (χ3n) is 3.03. The van der Waals surface area contributed by atoms with E-state index in [2.05, 4.69) is 13.2 Å². The van der Waals surface area contributed by atoms with Crippen LogP contribution in [-0.4, -0.2) is 78.4 Å². The summed E-state index contributed by atoms with van der Waals surface area (Å²) in [5, 5.41) is 19.7. The molecule has 8 nitrogen and oxygen atoms in total. The van der Waals surface area contributed by atoms with Gasteiger partial charge in [-0.15, -0.1) is 0 Å². The second-order valence-electron chi connectivity index (χ2n) is 5.28. The van der Waals surface area contributed by atoms with Crippen LogP contribution in [0.4, 0.5) is 9.59 Å². The Morgan fingerprint density at radius 1 is 1.04 bits per heavy atom. The molecule has 0 radical (unpaired) electrons. The minimum absolute atomic E-state index is 0.0292. The lowest BCUT2D eigenvalue weighted by atomic mass is 9.99. The van der Waals surface area contributed by atoms with Crippen LogP contribution in [0, 0.1) is 5.92 Å². The fraction of sp³-hybridized carbons (Fsp3) is 0.600. The van der Waals surface area contributed by atoms with Crippen LogP contribution in [0.3, 0.4) is 0 Å². The van der Waals surface area contributed by atoms with E-state index in [1.165, 1.54) is 43.0 Å². The Balaban J connectivity index is 4.76. The maximum Gasteiger partial charge on any atom is 0.409 e. The number of hydrogen-bond donors (Lipinski definition) is 2. The Labute approximate surface area is 136 Å². The summed E-state index contributed by atoms with van der Waals surface area (Å²) < 4.78 is 9.72. The van der Waals surface area contributed by atoms with E-state index in [1.54, 1.807) is 0 Å². The van der Waals surface area contributed by atoms with Crippen molar-refractivity contribution in [3.8, 4) is 0 Å². The van der Waals surface area contributed by atoms with Crippen molar-refractivity contribution in [1.29, 1.82) is 0 Å². The molecule has 0 rings (SSSR count). The molecule has 0 aliphatic rings. The predicted octanol–water partition coefficient (Wildman–Crippen LogP) is 0.812. The fourth-order valence-electron chi connectivity index (χ4n) is 1.69. The average molecular weight is 330 g/mol. The SMILES string of the molecule is C=CCOC(=O)N(C)CC(CN(C)C(=O)OCC=C)C(C)(O)O. The highest BCUT2D eigenvalue weighted by molar-refractivity contribution is 5.68. The van der Waals surface area contributed by atoms with Gasteiger partial charge in [-0.3, -0.25) is 0 Å². The zero-order chi connectivity index (χ0) is 18.0. The number of amides is 2. The molecule has 0 saturated carbocycles. The average Bonchev–Trinajstić information content (AvgIpc) is 2.48. The Morgan fingerprint density at radius 3 is 1.65 bits per heavy atom. The first-order valence-electron chi connectivity index (χ1n) is 7.05. The van der Waals surface area contributed by atoms with E-state index in [0.717, 1.165) is 0 Å². The molecule has 0 saturated heterocycles. The van der Waals surface area contributed by atoms with Crippen LogP contribution in [0.25, 0.3) is 0 Å². The first-order chi connectivity index (χ1) is 10.6. The zero-order valence-electron chi connectivity index (χ0n) is 13.9. The predicted molar refractivity (Wildman–Crippen MR) is 84.7 cm³/mol. The van der Waals surface area contributed by atoms with Crippen molar-refractivity contribution in [3.05, 3.63) is 25.3 Å². The number of aliphatic hydroxyl groups is 2. The molecule has 0 atom stereocenters. The topological polar surface area (TPSA) is 99.5 Å². The van der Waals surface area contributed by atoms with Crippen molar-refractivity contribution in [1.82, 2.24) is 9.80 Å². The maximum atomic E-state index is 11.7. The lowest BCUT2D eigenvalue weighted by molar-refractivity contribution is -0.189. The van der Waals surface area contributed by atoms with Gasteiger partial charge in [-0.2, -0.15) is 0 Å². The Bertz CT molecular complexity index is 387. The van der Waals surface area contributed by atoms with E-state index in [9.17, 15) is 19.8 Å². The Hall–Kier alpha value is -2.06. The van der Waals surface area contributed by atoms with Gasteiger partial charge < -0.3 is 29.5 Å². The largest absolute Gasteiger partial charge is 0.445 e. The molecule has 2 N–H and O–H groups in total. The number of carbonyl (C=O) groups excluding carboxylic acids is 2. The summed E-state index contributed by atoms with van der Waals surface area (Å²) in [5.74, 6) is -2.93. The molecular weight excluding hydrogens is 304 g/mol. The lowest BCUT2D eigenvalue weighted by Crippen LogP contribution is -2.49. The zero-order valence-corrected chi connectivity index (χ0v) is 13.9. The minimum atomic E-state index is -2.10. The van der Waals surface area contributed by atoms with Crippen molar-refractivity contribution < 1.29 is 29.3 Å². The first kappa shape index (κ1) is 20.9. The molecule has 0 fully saturated rings. The van der Waals surface area contributed by atoms with Gasteiger partial charge in [0.2, 0.25) is 0 Å². The van der Waals surface area contributed by atoms with E-state index < -0.39 is 23.9 Å². The monoisotopic (exact) mass is 330 g/mol. The van der Waals surface area contributed by atoms with Gasteiger partial charge in [-0.25, -0.2) is 9.59 Å². The standard InChI is InChI=1S/C15H26N2O6/c1-6-8-22-13(18)16(4)10-12(15(3,20)21)11-17(5)14(19)23-9-7-2/h6-7,12,20-21H,1-2,8-11H2,3-5H3. The molecule has 0 aromatic heterocycles. The molecule has 2 amide bonds. The smallest absolute Gasteiger partial charge is 0.409 e. The molecular formula is C15H26N2O6. The fourth-order valence-corrected chi connectivity index (χ4v) is 1.69. The second-order valence-corrected chi connectivity index (χ2v) is 5.28. The number of nitrogens with zero attached hydrogens (tertiary/aromatic N) is 2. The van der Waals surface area contributed by atoms with E-state index in [4.69, 9.17) is 9.47 Å². The number of carbonyl (C=O) groups is 2. The molecule has 0 aliphatic heterocycles. The summed E-state index contributed by atoms with van der Waals surface area (Å²) in [6.07, 6.45) is 1.59. The van der Waals surface area contributed by atoms with Gasteiger partial charge in [-0.1, -0.05) is 25.3 Å². The number of rotatable bonds is 9. The molecule has 0 spiro atoms. The lowest BCUT2D eigenvalue weighted by Gasteiger charge is -2.33. The van der Waals surface area contributed by atoms with E-state index in [1.807, 2.05) is 0 Å². The van der Waals surface area contributed by atoms with Gasteiger partial charge in [0.05, 0.1) is 0 Å². The quantitative estimate of drug-likeness (QED) is 0.479. The van der Waals surface area contributed by atoms with Crippen LogP contribution in [0.1, 0.15) is 6.92 Å². The van der Waals surface area contributed by atoms with Crippen molar-refractivity contribution in [3.63, 3.8) is 0 Å². The highest BCUT2D eigenvalue weighted by Gasteiger charge is 2.33. The highest BCUT2D eigenvalue weighted by Crippen LogP contribution is 2.17. The summed E-state index contributed by atoms with van der Waals surface area (Å²) in [7, 11) is 2.92. The van der Waals surface area contributed by atoms with Crippen molar-refractivity contribution in [2.45, 2.75) is 12.7 Å². The molecule has 23 heavy (non-hydrogen) atoms. The van der Waals surface area contributed by atoms with E-state index in [0.29, 0.717) is 0 Å². The van der Waals surface area contributed by atoms with Crippen molar-refractivity contribution >= 4 is 12.2 Å². The van der Waals surface area contributed by atoms with Gasteiger partial charge in [0.25, 0.3) is 0 Å². The molecule has 0 aliphatic carbocycles. The molecule has 0 aromatic carbocycles. The summed E-state index contributed by atoms with van der Waals surface area (Å²) in [6, 6.07) is 0. The van der Waals surface area contributed by atoms with Gasteiger partial charge in [0.15, 0.2) is 5.79 Å². The Morgan fingerprint density at radius 2 is 1.39 bits per heavy atom. The van der Waals surface area contributed by atoms with Gasteiger partial charge in [0, 0.05) is 33.1 Å². The summed E-state index contributed by atoms with van der Waals surface area (Å²) in [6.45, 7) is 8.10. The molecule has 0 bridgehead atoms. The first-order valence-corrected chi connectivity index (χ1v) is 7.05. The van der Waals surface area contributed by atoms with Crippen LogP contribution in [0.2, 0.25) is 0 Å². The summed E-state index contributed by atoms with van der Waals surface area (Å²) >= 11 is 0. The minimum Gasteiger partial charge on any atom is -0.445 e. The van der Waals surface area contributed by atoms with Gasteiger partial charge in [0.1, 0.15) is 13.2 Å². The second kappa shape index (κ2) is 9.86. The van der Waals surface area contributed by atoms with Crippen molar-refractivity contribution in [2.75, 3.05) is 40.4 Å². The molecule has 0 aromatic rings. The van der Waals surface area contributed by atoms with Crippen LogP contribution in [0.15, 0.2) is 25.3 Å². The molecule has 0 heterocycles. The van der Waals surface area contributed by atoms with Crippen LogP contribution in [0.5, 0.6) is 0 Å². The maximum absolute atomic E-state index is 11.7. The summed E-state index contributed by atoms with van der Waals surface area (Å²) in [4.78, 5) is 25.8. The van der Waals surface area contributed by atoms with E-state index >= 15 is 0 Å². The number of ether oxygens (including phenoxy) is 2. The highest BCUT2D eigenvalue weighted by atomic mass is 16.6. The molecule has 8 heteroatoms.